The molecule has 3 heterocycles. The first-order chi connectivity index (χ1) is 15.3. The van der Waals surface area contributed by atoms with Crippen LogP contribution in [0.4, 0.5) is 5.69 Å². The number of hydrogen-bond donors (Lipinski definition) is 0. The molecule has 31 heavy (non-hydrogen) atoms. The van der Waals surface area contributed by atoms with Crippen molar-refractivity contribution in [3.05, 3.63) is 66.2 Å². The third-order valence-electron chi connectivity index (χ3n) is 7.27. The first kappa shape index (κ1) is 19.5. The molecule has 3 aliphatic heterocycles. The molecule has 0 radical (unpaired) electrons. The van der Waals surface area contributed by atoms with E-state index in [4.69, 9.17) is 4.74 Å². The first-order valence-electron chi connectivity index (χ1n) is 11.7. The van der Waals surface area contributed by atoms with Crippen molar-refractivity contribution in [1.82, 2.24) is 4.90 Å². The fourth-order valence-corrected chi connectivity index (χ4v) is 6.71. The first-order valence-corrected chi connectivity index (χ1v) is 12.5. The summed E-state index contributed by atoms with van der Waals surface area (Å²) in [6.07, 6.45) is 5.18. The van der Waals surface area contributed by atoms with Crippen molar-refractivity contribution >= 4 is 28.4 Å². The minimum Gasteiger partial charge on any atom is -0.493 e. The molecule has 160 valence electrons. The lowest BCUT2D eigenvalue weighted by Gasteiger charge is -2.35. The second-order valence-corrected chi connectivity index (χ2v) is 10.4. The second-order valence-electron chi connectivity index (χ2n) is 9.33. The maximum atomic E-state index is 6.03. The van der Waals surface area contributed by atoms with Gasteiger partial charge in [-0.1, -0.05) is 42.5 Å². The predicted molar refractivity (Wildman–Crippen MR) is 130 cm³/mol. The topological polar surface area (TPSA) is 15.7 Å². The highest BCUT2D eigenvalue weighted by Gasteiger charge is 2.27. The van der Waals surface area contributed by atoms with Crippen LogP contribution in [-0.2, 0) is 6.42 Å². The molecule has 1 unspecified atom stereocenters. The number of fused-ring (bicyclic) bond motifs is 1. The van der Waals surface area contributed by atoms with Crippen molar-refractivity contribution in [2.45, 2.75) is 30.6 Å². The molecule has 1 saturated heterocycles. The van der Waals surface area contributed by atoms with Gasteiger partial charge in [0.25, 0.3) is 0 Å². The number of benzene rings is 3. The number of anilines is 1. The molecule has 4 heteroatoms. The Morgan fingerprint density at radius 2 is 1.71 bits per heavy atom. The predicted octanol–water partition coefficient (Wildman–Crippen LogP) is 6.02. The third-order valence-corrected chi connectivity index (χ3v) is 8.41. The minimum absolute atomic E-state index is 0.687. The Hall–Kier alpha value is -2.17. The zero-order chi connectivity index (χ0) is 20.6. The van der Waals surface area contributed by atoms with Gasteiger partial charge in [-0.25, -0.2) is 0 Å². The van der Waals surface area contributed by atoms with Crippen LogP contribution < -0.4 is 9.04 Å². The zero-order valence-electron chi connectivity index (χ0n) is 18.0. The Kier molecular flexibility index (Phi) is 5.29. The van der Waals surface area contributed by atoms with E-state index in [0.29, 0.717) is 5.92 Å². The van der Waals surface area contributed by atoms with Crippen LogP contribution in [0.2, 0.25) is 0 Å². The van der Waals surface area contributed by atoms with Gasteiger partial charge in [-0.05, 0) is 91.7 Å². The van der Waals surface area contributed by atoms with Crippen molar-refractivity contribution in [2.24, 2.45) is 11.8 Å². The van der Waals surface area contributed by atoms with E-state index >= 15 is 0 Å². The van der Waals surface area contributed by atoms with Crippen molar-refractivity contribution in [2.75, 3.05) is 37.1 Å². The van der Waals surface area contributed by atoms with Crippen LogP contribution in [0.1, 0.15) is 24.8 Å². The molecule has 3 aromatic carbocycles. The van der Waals surface area contributed by atoms with E-state index in [-0.39, 0.29) is 0 Å². The normalized spacial score (nSPS) is 21.3. The third kappa shape index (κ3) is 3.92. The lowest BCUT2D eigenvalue weighted by Crippen LogP contribution is -2.38. The summed E-state index contributed by atoms with van der Waals surface area (Å²) < 4.78 is 8.53. The highest BCUT2D eigenvalue weighted by molar-refractivity contribution is 8.01. The van der Waals surface area contributed by atoms with E-state index in [1.807, 2.05) is 11.9 Å². The molecular formula is C27H30N2OS. The van der Waals surface area contributed by atoms with E-state index in [1.165, 1.54) is 65.7 Å². The van der Waals surface area contributed by atoms with E-state index < -0.39 is 0 Å². The molecule has 0 amide bonds. The van der Waals surface area contributed by atoms with Crippen LogP contribution in [0.5, 0.6) is 5.75 Å². The summed E-state index contributed by atoms with van der Waals surface area (Å²) in [5.41, 5.74) is 2.79. The molecule has 0 aliphatic carbocycles. The molecule has 0 aromatic heterocycles. The molecule has 3 aliphatic rings. The van der Waals surface area contributed by atoms with Gasteiger partial charge in [-0.2, -0.15) is 0 Å². The zero-order valence-corrected chi connectivity index (χ0v) is 18.8. The molecule has 0 saturated carbocycles. The van der Waals surface area contributed by atoms with Crippen LogP contribution in [0, 0.1) is 11.8 Å². The number of likely N-dealkylation sites (tertiary alicyclic amines) is 1. The summed E-state index contributed by atoms with van der Waals surface area (Å²) in [5, 5.41) is 2.80. The monoisotopic (exact) mass is 430 g/mol. The molecule has 0 bridgehead atoms. The van der Waals surface area contributed by atoms with Crippen molar-refractivity contribution < 1.29 is 4.74 Å². The van der Waals surface area contributed by atoms with E-state index in [1.54, 1.807) is 0 Å². The highest BCUT2D eigenvalue weighted by atomic mass is 32.2. The Bertz CT molecular complexity index is 1070. The summed E-state index contributed by atoms with van der Waals surface area (Å²) >= 11 is 1.91. The molecule has 1 atom stereocenters. The van der Waals surface area contributed by atoms with Gasteiger partial charge in [0, 0.05) is 23.4 Å². The second kappa shape index (κ2) is 8.40. The van der Waals surface area contributed by atoms with Gasteiger partial charge in [0.1, 0.15) is 5.75 Å². The largest absolute Gasteiger partial charge is 0.493 e. The number of ether oxygens (including phenoxy) is 1. The van der Waals surface area contributed by atoms with Gasteiger partial charge < -0.3 is 13.9 Å². The molecule has 3 aromatic rings. The van der Waals surface area contributed by atoms with E-state index in [2.05, 4.69) is 69.9 Å². The number of piperidine rings is 1. The summed E-state index contributed by atoms with van der Waals surface area (Å²) in [6.45, 7) is 5.63. The van der Waals surface area contributed by atoms with Crippen LogP contribution in [0.15, 0.2) is 65.6 Å². The highest BCUT2D eigenvalue weighted by Crippen LogP contribution is 2.45. The quantitative estimate of drug-likeness (QED) is 0.460. The number of para-hydroxylation sites is 1. The summed E-state index contributed by atoms with van der Waals surface area (Å²) in [5.74, 6) is 2.65. The Labute approximate surface area is 189 Å². The van der Waals surface area contributed by atoms with Crippen LogP contribution in [-0.4, -0.2) is 37.7 Å². The molecule has 0 spiro atoms. The number of hydrogen-bond acceptors (Lipinski definition) is 4. The SMILES string of the molecule is c1ccc2c(c1)CC(CC1CCN(CCN3Sc4cccc5cccc3c45)CC1)CO2. The molecule has 3 nitrogen and oxygen atoms in total. The van der Waals surface area contributed by atoms with Crippen LogP contribution in [0.25, 0.3) is 10.8 Å². The average molecular weight is 431 g/mol. The molecule has 0 N–H and O–H groups in total. The number of nitrogens with zero attached hydrogens (tertiary/aromatic N) is 2. The Balaban J connectivity index is 0.996. The number of rotatable bonds is 5. The minimum atomic E-state index is 0.687. The average Bonchev–Trinajstić information content (AvgIpc) is 3.18. The fraction of sp³-hybridized carbons (Fsp3) is 0.407. The Morgan fingerprint density at radius 1 is 0.871 bits per heavy atom. The van der Waals surface area contributed by atoms with Gasteiger partial charge in [0.15, 0.2) is 0 Å². The summed E-state index contributed by atoms with van der Waals surface area (Å²) in [7, 11) is 0. The smallest absolute Gasteiger partial charge is 0.122 e. The van der Waals surface area contributed by atoms with Crippen LogP contribution >= 0.6 is 11.9 Å². The maximum Gasteiger partial charge on any atom is 0.122 e. The van der Waals surface area contributed by atoms with Crippen molar-refractivity contribution in [3.8, 4) is 5.75 Å². The molecule has 1 fully saturated rings. The molecule has 6 rings (SSSR count). The van der Waals surface area contributed by atoms with Gasteiger partial charge in [-0.3, -0.25) is 0 Å². The van der Waals surface area contributed by atoms with Crippen molar-refractivity contribution in [1.29, 1.82) is 0 Å². The fourth-order valence-electron chi connectivity index (χ4n) is 5.60. The van der Waals surface area contributed by atoms with Gasteiger partial charge in [-0.15, -0.1) is 0 Å². The Morgan fingerprint density at radius 3 is 2.61 bits per heavy atom. The maximum absolute atomic E-state index is 6.03. The lowest BCUT2D eigenvalue weighted by atomic mass is 9.83. The standard InChI is InChI=1S/C27H30N2OS/c1-2-9-25-23(5-1)18-21(19-30-25)17-20-11-13-28(14-12-20)15-16-29-24-8-3-6-22-7-4-10-26(31-29)27(22)24/h1-10,20-21H,11-19H2. The van der Waals surface area contributed by atoms with Gasteiger partial charge in [0.2, 0.25) is 0 Å². The molecular weight excluding hydrogens is 400 g/mol. The van der Waals surface area contributed by atoms with Gasteiger partial charge >= 0.3 is 0 Å². The summed E-state index contributed by atoms with van der Waals surface area (Å²) in [6, 6.07) is 21.9. The summed E-state index contributed by atoms with van der Waals surface area (Å²) in [4.78, 5) is 4.08. The van der Waals surface area contributed by atoms with E-state index in [0.717, 1.165) is 31.4 Å². The van der Waals surface area contributed by atoms with Gasteiger partial charge in [0.05, 0.1) is 12.3 Å². The van der Waals surface area contributed by atoms with Crippen LogP contribution in [0.3, 0.4) is 0 Å². The lowest BCUT2D eigenvalue weighted by molar-refractivity contribution is 0.144. The van der Waals surface area contributed by atoms with Crippen molar-refractivity contribution in [3.63, 3.8) is 0 Å². The van der Waals surface area contributed by atoms with E-state index in [9.17, 15) is 0 Å².